The average molecular weight is 466 g/mol. The first kappa shape index (κ1) is 23.0. The molecule has 0 saturated heterocycles. The molecule has 6 nitrogen and oxygen atoms in total. The van der Waals surface area contributed by atoms with Gasteiger partial charge >= 0.3 is 6.18 Å². The van der Waals surface area contributed by atoms with E-state index < -0.39 is 17.6 Å². The predicted octanol–water partition coefficient (Wildman–Crippen LogP) is 5.22. The molecule has 0 bridgehead atoms. The molecule has 0 spiro atoms. The van der Waals surface area contributed by atoms with Crippen molar-refractivity contribution in [2.75, 3.05) is 17.7 Å². The summed E-state index contributed by atoms with van der Waals surface area (Å²) in [4.78, 5) is 30.1. The van der Waals surface area contributed by atoms with Crippen molar-refractivity contribution in [3.05, 3.63) is 87.8 Å². The second kappa shape index (κ2) is 8.66. The first-order chi connectivity index (χ1) is 16.1. The molecule has 174 valence electrons. The minimum Gasteiger partial charge on any atom is -0.373 e. The number of hydrogen-bond donors (Lipinski definition) is 2. The van der Waals surface area contributed by atoms with Crippen LogP contribution in [0.3, 0.4) is 0 Å². The lowest BCUT2D eigenvalue weighted by atomic mass is 9.99. The summed E-state index contributed by atoms with van der Waals surface area (Å²) in [6, 6.07) is 12.7. The van der Waals surface area contributed by atoms with E-state index in [1.807, 2.05) is 6.92 Å². The van der Waals surface area contributed by atoms with Crippen LogP contribution in [0, 0.1) is 6.92 Å². The number of carbonyl (C=O) groups excluding carboxylic acids is 1. The quantitative estimate of drug-likeness (QED) is 0.432. The summed E-state index contributed by atoms with van der Waals surface area (Å²) in [5, 5.41) is 6.33. The highest BCUT2D eigenvalue weighted by atomic mass is 19.4. The Labute approximate surface area is 193 Å². The molecule has 0 radical (unpaired) electrons. The third-order valence-corrected chi connectivity index (χ3v) is 5.60. The number of nitrogens with one attached hydrogen (secondary N) is 2. The number of fused-ring (bicyclic) bond motifs is 1. The number of carbonyl (C=O) groups is 1. The van der Waals surface area contributed by atoms with Gasteiger partial charge in [0.25, 0.3) is 11.5 Å². The minimum atomic E-state index is -4.55. The zero-order chi connectivity index (χ0) is 24.6. The van der Waals surface area contributed by atoms with Crippen LogP contribution in [0.2, 0.25) is 0 Å². The van der Waals surface area contributed by atoms with Crippen molar-refractivity contribution in [1.29, 1.82) is 0 Å². The number of alkyl halides is 3. The molecule has 0 atom stereocenters. The standard InChI is InChI=1S/C25H21F3N4O2/c1-14-7-8-18(31-23(33)15-5-4-6-17(9-15)25(26,27)28)11-19(14)20-10-16-13-30-22(29-2)12-21(16)32(3)24(20)34/h4-13H,1-3H3,(H,29,30)(H,31,33). The van der Waals surface area contributed by atoms with E-state index in [0.29, 0.717) is 28.1 Å². The molecule has 0 aliphatic rings. The van der Waals surface area contributed by atoms with Crippen LogP contribution in [0.5, 0.6) is 0 Å². The van der Waals surface area contributed by atoms with E-state index in [1.165, 1.54) is 16.7 Å². The molecule has 2 aromatic heterocycles. The van der Waals surface area contributed by atoms with Gasteiger partial charge in [0.1, 0.15) is 5.82 Å². The zero-order valence-corrected chi connectivity index (χ0v) is 18.6. The molecule has 2 heterocycles. The highest BCUT2D eigenvalue weighted by Crippen LogP contribution is 2.30. The van der Waals surface area contributed by atoms with Crippen molar-refractivity contribution in [2.45, 2.75) is 13.1 Å². The van der Waals surface area contributed by atoms with Gasteiger partial charge in [0.05, 0.1) is 11.1 Å². The lowest BCUT2D eigenvalue weighted by molar-refractivity contribution is -0.137. The average Bonchev–Trinajstić information content (AvgIpc) is 2.82. The Kier molecular flexibility index (Phi) is 5.87. The Balaban J connectivity index is 1.72. The van der Waals surface area contributed by atoms with Gasteiger partial charge in [0.15, 0.2) is 0 Å². The van der Waals surface area contributed by atoms with Crippen LogP contribution in [0.4, 0.5) is 24.7 Å². The summed E-state index contributed by atoms with van der Waals surface area (Å²) < 4.78 is 40.5. The van der Waals surface area contributed by atoms with Crippen LogP contribution >= 0.6 is 0 Å². The summed E-state index contributed by atoms with van der Waals surface area (Å²) >= 11 is 0. The highest BCUT2D eigenvalue weighted by molar-refractivity contribution is 6.04. The number of aromatic nitrogens is 2. The summed E-state index contributed by atoms with van der Waals surface area (Å²) in [5.41, 5.74) is 1.63. The molecule has 2 aromatic carbocycles. The van der Waals surface area contributed by atoms with Crippen molar-refractivity contribution in [3.63, 3.8) is 0 Å². The lowest BCUT2D eigenvalue weighted by Crippen LogP contribution is -2.19. The van der Waals surface area contributed by atoms with E-state index in [1.54, 1.807) is 50.6 Å². The summed E-state index contributed by atoms with van der Waals surface area (Å²) in [6.07, 6.45) is -2.88. The van der Waals surface area contributed by atoms with Gasteiger partial charge in [0.2, 0.25) is 0 Å². The molecule has 0 aliphatic heterocycles. The third kappa shape index (κ3) is 4.36. The lowest BCUT2D eigenvalue weighted by Gasteiger charge is -2.14. The first-order valence-electron chi connectivity index (χ1n) is 10.4. The van der Waals surface area contributed by atoms with Crippen LogP contribution in [-0.2, 0) is 13.2 Å². The third-order valence-electron chi connectivity index (χ3n) is 5.60. The Morgan fingerprint density at radius 3 is 2.50 bits per heavy atom. The highest BCUT2D eigenvalue weighted by Gasteiger charge is 2.30. The molecule has 1 amide bonds. The number of nitrogens with zero attached hydrogens (tertiary/aromatic N) is 2. The smallest absolute Gasteiger partial charge is 0.373 e. The molecular weight excluding hydrogens is 445 g/mol. The van der Waals surface area contributed by atoms with E-state index >= 15 is 0 Å². The second-order valence-electron chi connectivity index (χ2n) is 7.86. The first-order valence-corrected chi connectivity index (χ1v) is 10.4. The fourth-order valence-electron chi connectivity index (χ4n) is 3.72. The van der Waals surface area contributed by atoms with Gasteiger partial charge in [-0.1, -0.05) is 12.1 Å². The molecule has 0 unspecified atom stereocenters. The monoisotopic (exact) mass is 466 g/mol. The maximum atomic E-state index is 13.1. The number of rotatable bonds is 4. The van der Waals surface area contributed by atoms with Gasteiger partial charge in [-0.25, -0.2) is 4.98 Å². The summed E-state index contributed by atoms with van der Waals surface area (Å²) in [7, 11) is 3.41. The normalized spacial score (nSPS) is 11.5. The maximum Gasteiger partial charge on any atom is 0.416 e. The number of pyridine rings is 2. The van der Waals surface area contributed by atoms with Gasteiger partial charge in [-0.2, -0.15) is 13.2 Å². The van der Waals surface area contributed by atoms with Gasteiger partial charge < -0.3 is 15.2 Å². The SMILES string of the molecule is CNc1cc2c(cn1)cc(-c1cc(NC(=O)c3cccc(C(F)(F)F)c3)ccc1C)c(=O)n2C. The summed E-state index contributed by atoms with van der Waals surface area (Å²) in [6.45, 7) is 1.83. The molecule has 0 saturated carbocycles. The fourth-order valence-corrected chi connectivity index (χ4v) is 3.72. The molecule has 0 aliphatic carbocycles. The minimum absolute atomic E-state index is 0.120. The predicted molar refractivity (Wildman–Crippen MR) is 126 cm³/mol. The van der Waals surface area contributed by atoms with Gasteiger partial charge in [-0.3, -0.25) is 9.59 Å². The van der Waals surface area contributed by atoms with Crippen LogP contribution < -0.4 is 16.2 Å². The largest absolute Gasteiger partial charge is 0.416 e. The molecule has 9 heteroatoms. The van der Waals surface area contributed by atoms with Crippen LogP contribution in [0.1, 0.15) is 21.5 Å². The van der Waals surface area contributed by atoms with Crippen molar-refractivity contribution in [2.24, 2.45) is 7.05 Å². The van der Waals surface area contributed by atoms with Crippen molar-refractivity contribution >= 4 is 28.3 Å². The Hall–Kier alpha value is -4.14. The number of halogens is 3. The Morgan fingerprint density at radius 2 is 1.79 bits per heavy atom. The van der Waals surface area contributed by atoms with Crippen LogP contribution in [-0.4, -0.2) is 22.5 Å². The van der Waals surface area contributed by atoms with Crippen molar-refractivity contribution in [1.82, 2.24) is 9.55 Å². The number of benzene rings is 2. The van der Waals surface area contributed by atoms with E-state index in [2.05, 4.69) is 15.6 Å². The Bertz CT molecular complexity index is 1480. The molecule has 4 rings (SSSR count). The molecule has 34 heavy (non-hydrogen) atoms. The van der Waals surface area contributed by atoms with Crippen molar-refractivity contribution < 1.29 is 18.0 Å². The number of amides is 1. The zero-order valence-electron chi connectivity index (χ0n) is 18.6. The molecular formula is C25H21F3N4O2. The molecule has 0 fully saturated rings. The van der Waals surface area contributed by atoms with Crippen LogP contribution in [0.25, 0.3) is 22.0 Å². The van der Waals surface area contributed by atoms with Crippen molar-refractivity contribution in [3.8, 4) is 11.1 Å². The van der Waals surface area contributed by atoms with E-state index in [0.717, 1.165) is 23.1 Å². The van der Waals surface area contributed by atoms with Gasteiger partial charge in [-0.05, 0) is 54.4 Å². The molecule has 2 N–H and O–H groups in total. The van der Waals surface area contributed by atoms with Gasteiger partial charge in [-0.15, -0.1) is 0 Å². The maximum absolute atomic E-state index is 13.1. The second-order valence-corrected chi connectivity index (χ2v) is 7.86. The number of aryl methyl sites for hydroxylation is 2. The summed E-state index contributed by atoms with van der Waals surface area (Å²) in [5.74, 6) is -0.0538. The molecule has 4 aromatic rings. The van der Waals surface area contributed by atoms with E-state index in [4.69, 9.17) is 0 Å². The number of hydrogen-bond acceptors (Lipinski definition) is 4. The van der Waals surface area contributed by atoms with Crippen LogP contribution in [0.15, 0.2) is 65.6 Å². The van der Waals surface area contributed by atoms with Gasteiger partial charge in [0, 0.05) is 48.6 Å². The fraction of sp³-hybridized carbons (Fsp3) is 0.160. The van der Waals surface area contributed by atoms with E-state index in [-0.39, 0.29) is 11.1 Å². The van der Waals surface area contributed by atoms with E-state index in [9.17, 15) is 22.8 Å². The topological polar surface area (TPSA) is 76.0 Å². The Morgan fingerprint density at radius 1 is 1.03 bits per heavy atom. The number of anilines is 2.